The molecule has 0 saturated heterocycles. The predicted molar refractivity (Wildman–Crippen MR) is 81.5 cm³/mol. The van der Waals surface area contributed by atoms with Crippen LogP contribution in [0.5, 0.6) is 0 Å². The van der Waals surface area contributed by atoms with E-state index in [-0.39, 0.29) is 5.41 Å². The Bertz CT molecular complexity index is 634. The third kappa shape index (κ3) is 2.53. The molecule has 2 rings (SSSR count). The molecule has 0 amide bonds. The fourth-order valence-corrected chi connectivity index (χ4v) is 2.25. The number of aromatic nitrogens is 4. The molecule has 0 unspecified atom stereocenters. The summed E-state index contributed by atoms with van der Waals surface area (Å²) >= 11 is 0. The Morgan fingerprint density at radius 3 is 2.45 bits per heavy atom. The van der Waals surface area contributed by atoms with Crippen LogP contribution in [0.3, 0.4) is 0 Å². The molecular formula is C15H23N5. The number of nitrogens with two attached hydrogens (primary N) is 1. The van der Waals surface area contributed by atoms with E-state index in [0.717, 1.165) is 28.9 Å². The minimum atomic E-state index is -0.0635. The summed E-state index contributed by atoms with van der Waals surface area (Å²) in [6.45, 7) is 10.4. The summed E-state index contributed by atoms with van der Waals surface area (Å²) in [7, 11) is 1.91. The number of aryl methyl sites for hydroxylation is 2. The molecule has 20 heavy (non-hydrogen) atoms. The topological polar surface area (TPSA) is 69.6 Å². The Hall–Kier alpha value is -1.91. The maximum absolute atomic E-state index is 6.02. The van der Waals surface area contributed by atoms with Crippen LogP contribution < -0.4 is 5.73 Å². The lowest BCUT2D eigenvalue weighted by Gasteiger charge is -2.17. The van der Waals surface area contributed by atoms with Crippen molar-refractivity contribution in [2.24, 2.45) is 7.05 Å². The SMILES string of the molecule is CCc1nc(-c2cn(C)nc2C(C)(C)C)nc(N)c1C. The lowest BCUT2D eigenvalue weighted by atomic mass is 9.89. The molecule has 0 fully saturated rings. The molecule has 2 N–H and O–H groups in total. The van der Waals surface area contributed by atoms with Crippen LogP contribution >= 0.6 is 0 Å². The first-order chi connectivity index (χ1) is 9.24. The molecule has 2 aromatic heterocycles. The standard InChI is InChI=1S/C15H23N5/c1-7-11-9(2)13(16)18-14(17-11)10-8-20(6)19-12(10)15(3,4)5/h8H,7H2,1-6H3,(H2,16,17,18). The third-order valence-electron chi connectivity index (χ3n) is 3.40. The minimum absolute atomic E-state index is 0.0635. The molecule has 0 aliphatic carbocycles. The van der Waals surface area contributed by atoms with Gasteiger partial charge in [-0.15, -0.1) is 0 Å². The van der Waals surface area contributed by atoms with Gasteiger partial charge in [0.05, 0.1) is 11.3 Å². The molecule has 2 heterocycles. The second kappa shape index (κ2) is 4.89. The van der Waals surface area contributed by atoms with Crippen molar-refractivity contribution in [1.82, 2.24) is 19.7 Å². The Labute approximate surface area is 120 Å². The van der Waals surface area contributed by atoms with Crippen LogP contribution in [0.2, 0.25) is 0 Å². The molecule has 0 aliphatic rings. The normalized spacial score (nSPS) is 11.9. The van der Waals surface area contributed by atoms with Gasteiger partial charge >= 0.3 is 0 Å². The van der Waals surface area contributed by atoms with Crippen LogP contribution in [0.4, 0.5) is 5.82 Å². The second-order valence-electron chi connectivity index (χ2n) is 6.17. The van der Waals surface area contributed by atoms with Crippen LogP contribution in [0.1, 0.15) is 44.6 Å². The van der Waals surface area contributed by atoms with Gasteiger partial charge in [0.15, 0.2) is 5.82 Å². The molecule has 108 valence electrons. The highest BCUT2D eigenvalue weighted by Crippen LogP contribution is 2.31. The van der Waals surface area contributed by atoms with Gasteiger partial charge in [-0.1, -0.05) is 27.7 Å². The molecule has 0 bridgehead atoms. The summed E-state index contributed by atoms with van der Waals surface area (Å²) in [4.78, 5) is 9.12. The van der Waals surface area contributed by atoms with Crippen molar-refractivity contribution in [3.05, 3.63) is 23.1 Å². The highest BCUT2D eigenvalue weighted by Gasteiger charge is 2.24. The monoisotopic (exact) mass is 273 g/mol. The number of hydrogen-bond donors (Lipinski definition) is 1. The van der Waals surface area contributed by atoms with Crippen LogP contribution in [0.25, 0.3) is 11.4 Å². The van der Waals surface area contributed by atoms with Gasteiger partial charge in [0.1, 0.15) is 5.82 Å². The summed E-state index contributed by atoms with van der Waals surface area (Å²) < 4.78 is 1.81. The summed E-state index contributed by atoms with van der Waals surface area (Å²) in [5, 5.41) is 4.56. The smallest absolute Gasteiger partial charge is 0.165 e. The van der Waals surface area contributed by atoms with Gasteiger partial charge in [-0.25, -0.2) is 9.97 Å². The van der Waals surface area contributed by atoms with Crippen LogP contribution in [-0.2, 0) is 18.9 Å². The third-order valence-corrected chi connectivity index (χ3v) is 3.40. The molecule has 5 heteroatoms. The fourth-order valence-electron chi connectivity index (χ4n) is 2.25. The summed E-state index contributed by atoms with van der Waals surface area (Å²) in [6.07, 6.45) is 2.81. The molecule has 0 radical (unpaired) electrons. The van der Waals surface area contributed by atoms with E-state index in [2.05, 4.69) is 42.8 Å². The van der Waals surface area contributed by atoms with E-state index in [1.807, 2.05) is 20.2 Å². The molecule has 5 nitrogen and oxygen atoms in total. The zero-order chi connectivity index (χ0) is 15.1. The zero-order valence-corrected chi connectivity index (χ0v) is 13.2. The Balaban J connectivity index is 2.66. The Morgan fingerprint density at radius 2 is 1.90 bits per heavy atom. The van der Waals surface area contributed by atoms with Crippen molar-refractivity contribution in [1.29, 1.82) is 0 Å². The molecule has 0 aromatic carbocycles. The van der Waals surface area contributed by atoms with E-state index in [1.54, 1.807) is 4.68 Å². The van der Waals surface area contributed by atoms with E-state index < -0.39 is 0 Å². The second-order valence-corrected chi connectivity index (χ2v) is 6.17. The highest BCUT2D eigenvalue weighted by atomic mass is 15.3. The van der Waals surface area contributed by atoms with E-state index in [4.69, 9.17) is 5.73 Å². The van der Waals surface area contributed by atoms with E-state index in [9.17, 15) is 0 Å². The lowest BCUT2D eigenvalue weighted by Crippen LogP contribution is -2.14. The average molecular weight is 273 g/mol. The maximum Gasteiger partial charge on any atom is 0.165 e. The minimum Gasteiger partial charge on any atom is -0.383 e. The maximum atomic E-state index is 6.02. The average Bonchev–Trinajstić information content (AvgIpc) is 2.74. The van der Waals surface area contributed by atoms with Gasteiger partial charge in [0.25, 0.3) is 0 Å². The molecule has 0 aliphatic heterocycles. The molecule has 2 aromatic rings. The molecule has 0 spiro atoms. The van der Waals surface area contributed by atoms with E-state index in [0.29, 0.717) is 11.6 Å². The quantitative estimate of drug-likeness (QED) is 0.913. The summed E-state index contributed by atoms with van der Waals surface area (Å²) in [5.41, 5.74) is 9.88. The van der Waals surface area contributed by atoms with Crippen molar-refractivity contribution >= 4 is 5.82 Å². The first-order valence-corrected chi connectivity index (χ1v) is 6.91. The van der Waals surface area contributed by atoms with Gasteiger partial charge in [-0.3, -0.25) is 4.68 Å². The number of anilines is 1. The van der Waals surface area contributed by atoms with E-state index in [1.165, 1.54) is 0 Å². The van der Waals surface area contributed by atoms with Crippen molar-refractivity contribution in [2.45, 2.75) is 46.5 Å². The van der Waals surface area contributed by atoms with Crippen LogP contribution in [0, 0.1) is 6.92 Å². The summed E-state index contributed by atoms with van der Waals surface area (Å²) in [6, 6.07) is 0. The lowest BCUT2D eigenvalue weighted by molar-refractivity contribution is 0.554. The Morgan fingerprint density at radius 1 is 1.25 bits per heavy atom. The number of nitrogen functional groups attached to an aromatic ring is 1. The van der Waals surface area contributed by atoms with Crippen molar-refractivity contribution in [2.75, 3.05) is 5.73 Å². The molecular weight excluding hydrogens is 250 g/mol. The van der Waals surface area contributed by atoms with Gasteiger partial charge in [0, 0.05) is 29.9 Å². The molecule has 0 atom stereocenters. The van der Waals surface area contributed by atoms with Gasteiger partial charge in [0.2, 0.25) is 0 Å². The highest BCUT2D eigenvalue weighted by molar-refractivity contribution is 5.62. The summed E-state index contributed by atoms with van der Waals surface area (Å²) in [5.74, 6) is 1.22. The van der Waals surface area contributed by atoms with Crippen molar-refractivity contribution < 1.29 is 0 Å². The van der Waals surface area contributed by atoms with Crippen LogP contribution in [-0.4, -0.2) is 19.7 Å². The fraction of sp³-hybridized carbons (Fsp3) is 0.533. The zero-order valence-electron chi connectivity index (χ0n) is 13.2. The van der Waals surface area contributed by atoms with Gasteiger partial charge in [-0.2, -0.15) is 5.10 Å². The van der Waals surface area contributed by atoms with E-state index >= 15 is 0 Å². The predicted octanol–water partition coefficient (Wildman–Crippen LogP) is 2.63. The molecule has 0 saturated carbocycles. The van der Waals surface area contributed by atoms with Crippen molar-refractivity contribution in [3.63, 3.8) is 0 Å². The Kier molecular flexibility index (Phi) is 3.54. The first-order valence-electron chi connectivity index (χ1n) is 6.91. The number of hydrogen-bond acceptors (Lipinski definition) is 4. The van der Waals surface area contributed by atoms with Gasteiger partial charge in [-0.05, 0) is 13.3 Å². The van der Waals surface area contributed by atoms with Crippen molar-refractivity contribution in [3.8, 4) is 11.4 Å². The number of rotatable bonds is 2. The largest absolute Gasteiger partial charge is 0.383 e. The van der Waals surface area contributed by atoms with Gasteiger partial charge < -0.3 is 5.73 Å². The number of nitrogens with zero attached hydrogens (tertiary/aromatic N) is 4. The van der Waals surface area contributed by atoms with Crippen LogP contribution in [0.15, 0.2) is 6.20 Å². The first kappa shape index (κ1) is 14.5.